The molecule has 1 heterocycles. The van der Waals surface area contributed by atoms with E-state index in [1.165, 1.54) is 12.1 Å². The van der Waals surface area contributed by atoms with Crippen LogP contribution in [0.4, 0.5) is 4.39 Å². The summed E-state index contributed by atoms with van der Waals surface area (Å²) in [4.78, 5) is 11.5. The van der Waals surface area contributed by atoms with E-state index >= 15 is 0 Å². The fourth-order valence-electron chi connectivity index (χ4n) is 1.54. The number of rotatable bonds is 5. The molecule has 0 bridgehead atoms. The molecule has 0 radical (unpaired) electrons. The first-order valence-corrected chi connectivity index (χ1v) is 6.08. The molecule has 0 spiro atoms. The second-order valence-electron chi connectivity index (χ2n) is 4.19. The molecule has 2 rings (SSSR count). The predicted octanol–water partition coefficient (Wildman–Crippen LogP) is 1.19. The molecule has 1 saturated heterocycles. The minimum absolute atomic E-state index is 0.120. The first kappa shape index (κ1) is 13.1. The van der Waals surface area contributed by atoms with Crippen LogP contribution in [0, 0.1) is 11.7 Å². The summed E-state index contributed by atoms with van der Waals surface area (Å²) in [7, 11) is 0. The van der Waals surface area contributed by atoms with Gasteiger partial charge in [-0.25, -0.2) is 4.39 Å². The van der Waals surface area contributed by atoms with E-state index in [2.05, 4.69) is 10.6 Å². The molecule has 1 amide bonds. The zero-order valence-corrected chi connectivity index (χ0v) is 10.5. The average Bonchev–Trinajstić information content (AvgIpc) is 2.25. The van der Waals surface area contributed by atoms with Crippen molar-refractivity contribution >= 4 is 17.5 Å². The maximum Gasteiger partial charge on any atom is 0.257 e. The first-order valence-electron chi connectivity index (χ1n) is 5.70. The highest BCUT2D eigenvalue weighted by Gasteiger charge is 2.17. The van der Waals surface area contributed by atoms with E-state index in [-0.39, 0.29) is 17.5 Å². The van der Waals surface area contributed by atoms with E-state index in [1.54, 1.807) is 0 Å². The summed E-state index contributed by atoms with van der Waals surface area (Å²) in [6, 6.07) is 3.79. The third-order valence-electron chi connectivity index (χ3n) is 2.71. The molecule has 0 saturated carbocycles. The van der Waals surface area contributed by atoms with Gasteiger partial charge in [0.05, 0.1) is 5.02 Å². The molecule has 0 atom stereocenters. The molecule has 1 aliphatic heterocycles. The van der Waals surface area contributed by atoms with E-state index in [0.29, 0.717) is 18.2 Å². The highest BCUT2D eigenvalue weighted by Crippen LogP contribution is 2.24. The molecular formula is C12H14ClFN2O2. The van der Waals surface area contributed by atoms with Gasteiger partial charge < -0.3 is 15.4 Å². The van der Waals surface area contributed by atoms with Gasteiger partial charge in [0.2, 0.25) is 0 Å². The number of halogens is 2. The highest BCUT2D eigenvalue weighted by molar-refractivity contribution is 6.32. The van der Waals surface area contributed by atoms with E-state index in [0.717, 1.165) is 19.2 Å². The van der Waals surface area contributed by atoms with Gasteiger partial charge in [-0.1, -0.05) is 11.6 Å². The Morgan fingerprint density at radius 3 is 2.94 bits per heavy atom. The van der Waals surface area contributed by atoms with Gasteiger partial charge in [-0.2, -0.15) is 0 Å². The lowest BCUT2D eigenvalue weighted by Crippen LogP contribution is -2.48. The molecule has 98 valence electrons. The van der Waals surface area contributed by atoms with Gasteiger partial charge in [0.25, 0.3) is 5.91 Å². The van der Waals surface area contributed by atoms with E-state index in [1.807, 2.05) is 0 Å². The van der Waals surface area contributed by atoms with E-state index in [9.17, 15) is 9.18 Å². The van der Waals surface area contributed by atoms with Crippen LogP contribution in [0.3, 0.4) is 0 Å². The lowest BCUT2D eigenvalue weighted by atomic mass is 10.0. The Bertz CT molecular complexity index is 438. The SMILES string of the molecule is O=C(COc1ccc(F)cc1Cl)NCC1CNC1. The second-order valence-corrected chi connectivity index (χ2v) is 4.60. The van der Waals surface area contributed by atoms with Crippen molar-refractivity contribution < 1.29 is 13.9 Å². The molecule has 1 aromatic carbocycles. The largest absolute Gasteiger partial charge is 0.482 e. The molecule has 0 aliphatic carbocycles. The summed E-state index contributed by atoms with van der Waals surface area (Å²) in [6.07, 6.45) is 0. The van der Waals surface area contributed by atoms with Crippen molar-refractivity contribution in [2.75, 3.05) is 26.2 Å². The number of nitrogens with one attached hydrogen (secondary N) is 2. The molecule has 4 nitrogen and oxygen atoms in total. The molecule has 1 fully saturated rings. The summed E-state index contributed by atoms with van der Waals surface area (Å²) in [5, 5.41) is 6.04. The van der Waals surface area contributed by atoms with Crippen LogP contribution in [-0.2, 0) is 4.79 Å². The smallest absolute Gasteiger partial charge is 0.257 e. The van der Waals surface area contributed by atoms with Gasteiger partial charge in [-0.3, -0.25) is 4.79 Å². The molecule has 1 aromatic rings. The second kappa shape index (κ2) is 6.02. The zero-order chi connectivity index (χ0) is 13.0. The monoisotopic (exact) mass is 272 g/mol. The Labute approximate surface area is 109 Å². The predicted molar refractivity (Wildman–Crippen MR) is 66.3 cm³/mol. The van der Waals surface area contributed by atoms with Crippen LogP contribution < -0.4 is 15.4 Å². The molecule has 18 heavy (non-hydrogen) atoms. The van der Waals surface area contributed by atoms with E-state index < -0.39 is 5.82 Å². The maximum atomic E-state index is 12.8. The van der Waals surface area contributed by atoms with Crippen LogP contribution in [0.5, 0.6) is 5.75 Å². The Kier molecular flexibility index (Phi) is 4.38. The van der Waals surface area contributed by atoms with Crippen LogP contribution >= 0.6 is 11.6 Å². The third kappa shape index (κ3) is 3.58. The zero-order valence-electron chi connectivity index (χ0n) is 9.71. The van der Waals surface area contributed by atoms with Gasteiger partial charge >= 0.3 is 0 Å². The number of carbonyl (C=O) groups is 1. The number of hydrogen-bond acceptors (Lipinski definition) is 3. The normalized spacial score (nSPS) is 15.0. The summed E-state index contributed by atoms with van der Waals surface area (Å²) in [6.45, 7) is 2.40. The lowest BCUT2D eigenvalue weighted by Gasteiger charge is -2.27. The topological polar surface area (TPSA) is 50.4 Å². The van der Waals surface area contributed by atoms with Crippen LogP contribution in [0.25, 0.3) is 0 Å². The fraction of sp³-hybridized carbons (Fsp3) is 0.417. The van der Waals surface area contributed by atoms with Gasteiger partial charge in [-0.05, 0) is 18.2 Å². The molecule has 6 heteroatoms. The quantitative estimate of drug-likeness (QED) is 0.847. The minimum Gasteiger partial charge on any atom is -0.482 e. The van der Waals surface area contributed by atoms with Gasteiger partial charge in [-0.15, -0.1) is 0 Å². The summed E-state index contributed by atoms with van der Waals surface area (Å²) >= 11 is 5.77. The van der Waals surface area contributed by atoms with Crippen molar-refractivity contribution in [3.8, 4) is 5.75 Å². The van der Waals surface area contributed by atoms with Crippen LogP contribution in [0.1, 0.15) is 0 Å². The van der Waals surface area contributed by atoms with Crippen LogP contribution in [0.2, 0.25) is 5.02 Å². The Morgan fingerprint density at radius 1 is 1.56 bits per heavy atom. The Hall–Kier alpha value is -1.33. The Morgan fingerprint density at radius 2 is 2.33 bits per heavy atom. The van der Waals surface area contributed by atoms with Crippen molar-refractivity contribution in [2.45, 2.75) is 0 Å². The number of ether oxygens (including phenoxy) is 1. The first-order chi connectivity index (χ1) is 8.65. The van der Waals surface area contributed by atoms with Gasteiger partial charge in [0, 0.05) is 25.6 Å². The molecule has 2 N–H and O–H groups in total. The molecule has 0 aromatic heterocycles. The van der Waals surface area contributed by atoms with Crippen LogP contribution in [-0.4, -0.2) is 32.1 Å². The highest BCUT2D eigenvalue weighted by atomic mass is 35.5. The van der Waals surface area contributed by atoms with Gasteiger partial charge in [0.1, 0.15) is 11.6 Å². The number of hydrogen-bond donors (Lipinski definition) is 2. The standard InChI is InChI=1S/C12H14ClFN2O2/c13-10-3-9(14)1-2-11(10)18-7-12(17)16-6-8-4-15-5-8/h1-3,8,15H,4-7H2,(H,16,17). The van der Waals surface area contributed by atoms with Crippen molar-refractivity contribution in [1.82, 2.24) is 10.6 Å². The summed E-state index contributed by atoms with van der Waals surface area (Å²) in [5.74, 6) is 0.165. The van der Waals surface area contributed by atoms with Crippen LogP contribution in [0.15, 0.2) is 18.2 Å². The molecule has 0 unspecified atom stereocenters. The van der Waals surface area contributed by atoms with Crippen molar-refractivity contribution in [1.29, 1.82) is 0 Å². The Balaban J connectivity index is 1.74. The third-order valence-corrected chi connectivity index (χ3v) is 3.00. The van der Waals surface area contributed by atoms with E-state index in [4.69, 9.17) is 16.3 Å². The van der Waals surface area contributed by atoms with Crippen molar-refractivity contribution in [3.63, 3.8) is 0 Å². The fourth-order valence-corrected chi connectivity index (χ4v) is 1.76. The van der Waals surface area contributed by atoms with Crippen molar-refractivity contribution in [2.24, 2.45) is 5.92 Å². The van der Waals surface area contributed by atoms with Gasteiger partial charge in [0.15, 0.2) is 6.61 Å². The van der Waals surface area contributed by atoms with Crippen molar-refractivity contribution in [3.05, 3.63) is 29.0 Å². The lowest BCUT2D eigenvalue weighted by molar-refractivity contribution is -0.123. The summed E-state index contributed by atoms with van der Waals surface area (Å²) < 4.78 is 18.0. The number of benzene rings is 1. The number of amides is 1. The minimum atomic E-state index is -0.436. The summed E-state index contributed by atoms with van der Waals surface area (Å²) in [5.41, 5.74) is 0. The maximum absolute atomic E-state index is 12.8. The average molecular weight is 273 g/mol. The molecular weight excluding hydrogens is 259 g/mol. The number of carbonyl (C=O) groups excluding carboxylic acids is 1. The molecule has 1 aliphatic rings.